The van der Waals surface area contributed by atoms with Crippen molar-refractivity contribution in [2.24, 2.45) is 0 Å². The molecule has 3 nitrogen and oxygen atoms in total. The zero-order valence-electron chi connectivity index (χ0n) is 12.5. The quantitative estimate of drug-likeness (QED) is 0.744. The van der Waals surface area contributed by atoms with E-state index < -0.39 is 0 Å². The van der Waals surface area contributed by atoms with E-state index in [1.165, 1.54) is 0 Å². The third-order valence-electron chi connectivity index (χ3n) is 3.65. The zero-order valence-corrected chi connectivity index (χ0v) is 12.5. The van der Waals surface area contributed by atoms with E-state index in [2.05, 4.69) is 42.3 Å². The lowest BCUT2D eigenvalue weighted by Crippen LogP contribution is -2.18. The number of fused-ring (bicyclic) bond motifs is 1. The molecule has 1 atom stereocenters. The minimum Gasteiger partial charge on any atom is -0.459 e. The SMILES string of the molecule is CCCNC(C)c1ccc(-c2cccc3cccnc23)o1. The molecule has 0 saturated heterocycles. The number of pyridine rings is 1. The Kier molecular flexibility index (Phi) is 4.02. The Morgan fingerprint density at radius 3 is 2.86 bits per heavy atom. The molecule has 0 bridgehead atoms. The highest BCUT2D eigenvalue weighted by Gasteiger charge is 2.12. The minimum atomic E-state index is 0.224. The lowest BCUT2D eigenvalue weighted by molar-refractivity contribution is 0.439. The van der Waals surface area contributed by atoms with Gasteiger partial charge in [0, 0.05) is 17.1 Å². The van der Waals surface area contributed by atoms with Crippen LogP contribution >= 0.6 is 0 Å². The van der Waals surface area contributed by atoms with E-state index in [0.717, 1.165) is 41.0 Å². The van der Waals surface area contributed by atoms with Crippen molar-refractivity contribution in [3.05, 3.63) is 54.4 Å². The average Bonchev–Trinajstić information content (AvgIpc) is 3.02. The maximum atomic E-state index is 6.03. The summed E-state index contributed by atoms with van der Waals surface area (Å²) in [6.45, 7) is 5.28. The summed E-state index contributed by atoms with van der Waals surface area (Å²) in [5, 5.41) is 4.57. The van der Waals surface area contributed by atoms with Gasteiger partial charge in [-0.1, -0.05) is 25.1 Å². The molecule has 3 rings (SSSR count). The lowest BCUT2D eigenvalue weighted by atomic mass is 10.1. The number of aromatic nitrogens is 1. The van der Waals surface area contributed by atoms with Crippen LogP contribution in [0.1, 0.15) is 32.1 Å². The van der Waals surface area contributed by atoms with E-state index in [9.17, 15) is 0 Å². The van der Waals surface area contributed by atoms with Crippen LogP contribution in [-0.4, -0.2) is 11.5 Å². The van der Waals surface area contributed by atoms with E-state index in [0.29, 0.717) is 0 Å². The normalized spacial score (nSPS) is 12.7. The van der Waals surface area contributed by atoms with Crippen LogP contribution in [0, 0.1) is 0 Å². The summed E-state index contributed by atoms with van der Waals surface area (Å²) in [7, 11) is 0. The molecule has 0 aliphatic heterocycles. The highest BCUT2D eigenvalue weighted by atomic mass is 16.3. The largest absolute Gasteiger partial charge is 0.459 e. The van der Waals surface area contributed by atoms with Crippen molar-refractivity contribution in [2.45, 2.75) is 26.3 Å². The van der Waals surface area contributed by atoms with Crippen molar-refractivity contribution in [3.8, 4) is 11.3 Å². The summed E-state index contributed by atoms with van der Waals surface area (Å²) in [5.74, 6) is 1.84. The number of hydrogen-bond acceptors (Lipinski definition) is 3. The second kappa shape index (κ2) is 6.10. The van der Waals surface area contributed by atoms with Crippen molar-refractivity contribution in [2.75, 3.05) is 6.54 Å². The van der Waals surface area contributed by atoms with Crippen LogP contribution in [0.5, 0.6) is 0 Å². The molecule has 21 heavy (non-hydrogen) atoms. The molecule has 1 N–H and O–H groups in total. The summed E-state index contributed by atoms with van der Waals surface area (Å²) in [6.07, 6.45) is 2.94. The van der Waals surface area contributed by atoms with Gasteiger partial charge in [0.05, 0.1) is 11.6 Å². The monoisotopic (exact) mass is 280 g/mol. The van der Waals surface area contributed by atoms with Gasteiger partial charge in [0.2, 0.25) is 0 Å². The van der Waals surface area contributed by atoms with Gasteiger partial charge in [-0.3, -0.25) is 4.98 Å². The number of hydrogen-bond donors (Lipinski definition) is 1. The van der Waals surface area contributed by atoms with Crippen LogP contribution in [0.4, 0.5) is 0 Å². The van der Waals surface area contributed by atoms with E-state index in [1.807, 2.05) is 30.5 Å². The molecule has 0 saturated carbocycles. The number of furan rings is 1. The maximum absolute atomic E-state index is 6.03. The first-order valence-corrected chi connectivity index (χ1v) is 7.47. The first-order chi connectivity index (χ1) is 10.3. The molecule has 1 unspecified atom stereocenters. The molecule has 0 amide bonds. The van der Waals surface area contributed by atoms with E-state index in [-0.39, 0.29) is 6.04 Å². The number of nitrogens with one attached hydrogen (secondary N) is 1. The van der Waals surface area contributed by atoms with Gasteiger partial charge >= 0.3 is 0 Å². The van der Waals surface area contributed by atoms with Crippen LogP contribution < -0.4 is 5.32 Å². The summed E-state index contributed by atoms with van der Waals surface area (Å²) in [6, 6.07) is 14.5. The number of para-hydroxylation sites is 1. The van der Waals surface area contributed by atoms with Gasteiger partial charge in [0.25, 0.3) is 0 Å². The zero-order chi connectivity index (χ0) is 14.7. The van der Waals surface area contributed by atoms with Gasteiger partial charge < -0.3 is 9.73 Å². The van der Waals surface area contributed by atoms with Crippen LogP contribution in [0.2, 0.25) is 0 Å². The van der Waals surface area contributed by atoms with Crippen LogP contribution in [0.15, 0.2) is 53.1 Å². The third kappa shape index (κ3) is 2.83. The van der Waals surface area contributed by atoms with Crippen LogP contribution in [0.3, 0.4) is 0 Å². The van der Waals surface area contributed by atoms with Crippen molar-refractivity contribution < 1.29 is 4.42 Å². The number of benzene rings is 1. The average molecular weight is 280 g/mol. The van der Waals surface area contributed by atoms with Gasteiger partial charge in [-0.05, 0) is 44.2 Å². The van der Waals surface area contributed by atoms with Crippen LogP contribution in [0.25, 0.3) is 22.2 Å². The molecule has 108 valence electrons. The minimum absolute atomic E-state index is 0.224. The standard InChI is InChI=1S/C18H20N2O/c1-3-11-19-13(2)16-9-10-17(21-16)15-8-4-6-14-7-5-12-20-18(14)15/h4-10,12-13,19H,3,11H2,1-2H3. The Morgan fingerprint density at radius 1 is 1.14 bits per heavy atom. The van der Waals surface area contributed by atoms with Crippen molar-refractivity contribution in [1.29, 1.82) is 0 Å². The van der Waals surface area contributed by atoms with Gasteiger partial charge in [-0.25, -0.2) is 0 Å². The second-order valence-electron chi connectivity index (χ2n) is 5.26. The molecular formula is C18H20N2O. The van der Waals surface area contributed by atoms with E-state index >= 15 is 0 Å². The molecule has 0 radical (unpaired) electrons. The molecule has 0 aliphatic carbocycles. The second-order valence-corrected chi connectivity index (χ2v) is 5.26. The predicted octanol–water partition coefficient (Wildman–Crippen LogP) is 4.56. The molecule has 3 heteroatoms. The van der Waals surface area contributed by atoms with Gasteiger partial charge in [0.1, 0.15) is 11.5 Å². The van der Waals surface area contributed by atoms with Crippen molar-refractivity contribution in [1.82, 2.24) is 10.3 Å². The van der Waals surface area contributed by atoms with E-state index in [1.54, 1.807) is 0 Å². The molecular weight excluding hydrogens is 260 g/mol. The molecule has 2 aromatic heterocycles. The third-order valence-corrected chi connectivity index (χ3v) is 3.65. The van der Waals surface area contributed by atoms with Gasteiger partial charge in [-0.15, -0.1) is 0 Å². The topological polar surface area (TPSA) is 38.1 Å². The van der Waals surface area contributed by atoms with E-state index in [4.69, 9.17) is 4.42 Å². The Morgan fingerprint density at radius 2 is 2.00 bits per heavy atom. The van der Waals surface area contributed by atoms with Crippen LogP contribution in [-0.2, 0) is 0 Å². The Balaban J connectivity index is 1.95. The van der Waals surface area contributed by atoms with Gasteiger partial charge in [-0.2, -0.15) is 0 Å². The summed E-state index contributed by atoms with van der Waals surface area (Å²) >= 11 is 0. The fourth-order valence-corrected chi connectivity index (χ4v) is 2.49. The fraction of sp³-hybridized carbons (Fsp3) is 0.278. The molecule has 1 aromatic carbocycles. The van der Waals surface area contributed by atoms with Gasteiger partial charge in [0.15, 0.2) is 0 Å². The van der Waals surface area contributed by atoms with Crippen molar-refractivity contribution >= 4 is 10.9 Å². The fourth-order valence-electron chi connectivity index (χ4n) is 2.49. The molecule has 2 heterocycles. The summed E-state index contributed by atoms with van der Waals surface area (Å²) in [5.41, 5.74) is 2.03. The summed E-state index contributed by atoms with van der Waals surface area (Å²) in [4.78, 5) is 4.49. The molecule has 0 aliphatic rings. The highest BCUT2D eigenvalue weighted by Crippen LogP contribution is 2.30. The smallest absolute Gasteiger partial charge is 0.136 e. The first kappa shape index (κ1) is 13.8. The predicted molar refractivity (Wildman–Crippen MR) is 86.2 cm³/mol. The molecule has 3 aromatic rings. The lowest BCUT2D eigenvalue weighted by Gasteiger charge is -2.10. The number of nitrogens with zero attached hydrogens (tertiary/aromatic N) is 1. The first-order valence-electron chi connectivity index (χ1n) is 7.47. The van der Waals surface area contributed by atoms with Crippen molar-refractivity contribution in [3.63, 3.8) is 0 Å². The highest BCUT2D eigenvalue weighted by molar-refractivity contribution is 5.92. The number of rotatable bonds is 5. The molecule has 0 fully saturated rings. The Labute approximate surface area is 125 Å². The molecule has 0 spiro atoms. The Bertz CT molecular complexity index is 727. The maximum Gasteiger partial charge on any atom is 0.136 e. The summed E-state index contributed by atoms with van der Waals surface area (Å²) < 4.78 is 6.03. The Hall–Kier alpha value is -2.13.